The van der Waals surface area contributed by atoms with Gasteiger partial charge in [-0.2, -0.15) is 0 Å². The zero-order valence-corrected chi connectivity index (χ0v) is 7.74. The number of nitrogens with one attached hydrogen (secondary N) is 1. The molecule has 0 atom stereocenters. The van der Waals surface area contributed by atoms with Crippen molar-refractivity contribution in [2.75, 3.05) is 0 Å². The molecular formula is C6H10N2O4S. The number of carbonyl (C=O) groups is 1. The van der Waals surface area contributed by atoms with E-state index >= 15 is 0 Å². The molecule has 1 amide bonds. The van der Waals surface area contributed by atoms with E-state index in [1.54, 1.807) is 0 Å². The highest BCUT2D eigenvalue weighted by Gasteiger charge is 1.92. The van der Waals surface area contributed by atoms with E-state index in [1.807, 2.05) is 29.9 Å². The standard InChI is InChI=1S/C4H5N.C2H5NO4S/c1-2-4-5-3-1;1-2(4)3-8(5,6)7/h1-5H;1H3,(H,3,4)(H,5,6,7). The summed E-state index contributed by atoms with van der Waals surface area (Å²) in [5.74, 6) is -0.875. The van der Waals surface area contributed by atoms with Crippen LogP contribution in [0.3, 0.4) is 0 Å². The first-order chi connectivity index (χ1) is 5.92. The molecule has 1 heterocycles. The fourth-order valence-corrected chi connectivity index (χ4v) is 0.849. The van der Waals surface area contributed by atoms with Gasteiger partial charge in [0.15, 0.2) is 10.3 Å². The summed E-state index contributed by atoms with van der Waals surface area (Å²) in [6, 6.07) is 0. The molecule has 13 heavy (non-hydrogen) atoms. The summed E-state index contributed by atoms with van der Waals surface area (Å²) in [5.41, 5.74) is 0. The monoisotopic (exact) mass is 206 g/mol. The van der Waals surface area contributed by atoms with Gasteiger partial charge in [0, 0.05) is 6.92 Å². The molecule has 0 aromatic heterocycles. The number of quaternary nitrogens is 1. The Morgan fingerprint density at radius 1 is 1.38 bits per heavy atom. The molecule has 0 saturated carbocycles. The highest BCUT2D eigenvalue weighted by atomic mass is 32.2. The molecule has 1 rings (SSSR count). The third kappa shape index (κ3) is 10.8. The average Bonchev–Trinajstić information content (AvgIpc) is 2.33. The van der Waals surface area contributed by atoms with Crippen molar-refractivity contribution in [1.29, 1.82) is 0 Å². The van der Waals surface area contributed by atoms with Crippen molar-refractivity contribution in [1.82, 2.24) is 4.72 Å². The SMILES string of the molecule is C1=C[NH2+]C=C1.CC(=O)NS(=O)(=O)[O-]. The lowest BCUT2D eigenvalue weighted by Crippen LogP contribution is -2.69. The summed E-state index contributed by atoms with van der Waals surface area (Å²) in [4.78, 5) is 9.77. The highest BCUT2D eigenvalue weighted by molar-refractivity contribution is 7.84. The van der Waals surface area contributed by atoms with Crippen molar-refractivity contribution >= 4 is 16.2 Å². The minimum absolute atomic E-state index is 0.875. The van der Waals surface area contributed by atoms with Crippen molar-refractivity contribution < 1.29 is 23.1 Å². The number of allylic oxidation sites excluding steroid dienone is 2. The van der Waals surface area contributed by atoms with Crippen molar-refractivity contribution in [3.05, 3.63) is 24.6 Å². The van der Waals surface area contributed by atoms with Crippen molar-refractivity contribution in [3.63, 3.8) is 0 Å². The van der Waals surface area contributed by atoms with Gasteiger partial charge in [0.05, 0.1) is 12.4 Å². The average molecular weight is 206 g/mol. The van der Waals surface area contributed by atoms with Crippen LogP contribution in [-0.4, -0.2) is 18.9 Å². The number of amides is 1. The molecule has 0 fully saturated rings. The Balaban J connectivity index is 0.000000243. The second-order valence-electron chi connectivity index (χ2n) is 2.07. The van der Waals surface area contributed by atoms with Crippen molar-refractivity contribution in [2.24, 2.45) is 0 Å². The van der Waals surface area contributed by atoms with Crippen LogP contribution in [0.15, 0.2) is 24.6 Å². The van der Waals surface area contributed by atoms with Gasteiger partial charge < -0.3 is 4.55 Å². The maximum absolute atomic E-state index is 9.77. The molecule has 0 aliphatic carbocycles. The van der Waals surface area contributed by atoms with E-state index in [0.29, 0.717) is 0 Å². The van der Waals surface area contributed by atoms with Gasteiger partial charge in [-0.15, -0.1) is 0 Å². The topological polar surface area (TPSA) is 103 Å². The zero-order valence-electron chi connectivity index (χ0n) is 6.93. The van der Waals surface area contributed by atoms with E-state index in [4.69, 9.17) is 0 Å². The van der Waals surface area contributed by atoms with Crippen molar-refractivity contribution in [2.45, 2.75) is 6.92 Å². The van der Waals surface area contributed by atoms with Gasteiger partial charge in [-0.05, 0) is 12.2 Å². The van der Waals surface area contributed by atoms with Gasteiger partial charge in [-0.1, -0.05) is 0 Å². The van der Waals surface area contributed by atoms with Crippen LogP contribution in [0.25, 0.3) is 0 Å². The van der Waals surface area contributed by atoms with Gasteiger partial charge >= 0.3 is 0 Å². The predicted molar refractivity (Wildman–Crippen MR) is 43.7 cm³/mol. The Kier molecular flexibility index (Phi) is 4.97. The lowest BCUT2D eigenvalue weighted by Gasteiger charge is -2.04. The largest absolute Gasteiger partial charge is 0.731 e. The van der Waals surface area contributed by atoms with E-state index in [1.165, 1.54) is 0 Å². The Morgan fingerprint density at radius 3 is 1.92 bits per heavy atom. The first-order valence-corrected chi connectivity index (χ1v) is 4.73. The first-order valence-electron chi connectivity index (χ1n) is 3.32. The second-order valence-corrected chi connectivity index (χ2v) is 3.19. The van der Waals surface area contributed by atoms with Crippen LogP contribution in [0.4, 0.5) is 0 Å². The molecule has 0 saturated heterocycles. The van der Waals surface area contributed by atoms with Crippen LogP contribution in [0, 0.1) is 0 Å². The minimum atomic E-state index is -4.57. The quantitative estimate of drug-likeness (QED) is 0.493. The molecule has 7 heteroatoms. The maximum Gasteiger partial charge on any atom is 0.229 e. The van der Waals surface area contributed by atoms with E-state index < -0.39 is 16.2 Å². The number of hydrogen-bond acceptors (Lipinski definition) is 4. The summed E-state index contributed by atoms with van der Waals surface area (Å²) >= 11 is 0. The van der Waals surface area contributed by atoms with Gasteiger partial charge in [-0.3, -0.25) is 14.8 Å². The second kappa shape index (κ2) is 5.46. The Labute approximate surface area is 76.2 Å². The van der Waals surface area contributed by atoms with Gasteiger partial charge in [0.1, 0.15) is 0 Å². The number of carbonyl (C=O) groups excluding carboxylic acids is 1. The van der Waals surface area contributed by atoms with E-state index in [2.05, 4.69) is 0 Å². The highest BCUT2D eigenvalue weighted by Crippen LogP contribution is 1.69. The fraction of sp³-hybridized carbons (Fsp3) is 0.167. The van der Waals surface area contributed by atoms with Crippen LogP contribution in [-0.2, 0) is 15.1 Å². The summed E-state index contributed by atoms with van der Waals surface area (Å²) in [7, 11) is -4.57. The summed E-state index contributed by atoms with van der Waals surface area (Å²) < 4.78 is 29.8. The molecule has 0 aromatic carbocycles. The van der Waals surface area contributed by atoms with Gasteiger partial charge in [-0.25, -0.2) is 8.42 Å². The van der Waals surface area contributed by atoms with Gasteiger partial charge in [0.25, 0.3) is 0 Å². The first kappa shape index (κ1) is 11.8. The van der Waals surface area contributed by atoms with Crippen molar-refractivity contribution in [3.8, 4) is 0 Å². The molecule has 74 valence electrons. The predicted octanol–water partition coefficient (Wildman–Crippen LogP) is -1.83. The molecule has 6 nitrogen and oxygen atoms in total. The summed E-state index contributed by atoms with van der Waals surface area (Å²) in [5, 5.41) is 2.00. The summed E-state index contributed by atoms with van der Waals surface area (Å²) in [6.07, 6.45) is 8.00. The fourth-order valence-electron chi connectivity index (χ4n) is 0.497. The molecule has 0 radical (unpaired) electrons. The minimum Gasteiger partial charge on any atom is -0.731 e. The Bertz CT molecular complexity index is 308. The molecule has 3 N–H and O–H groups in total. The third-order valence-electron chi connectivity index (χ3n) is 0.824. The molecule has 0 bridgehead atoms. The smallest absolute Gasteiger partial charge is 0.229 e. The molecule has 0 unspecified atom stereocenters. The number of hydrogen-bond donors (Lipinski definition) is 2. The molecule has 0 spiro atoms. The van der Waals surface area contributed by atoms with E-state index in [0.717, 1.165) is 11.6 Å². The lowest BCUT2D eigenvalue weighted by atomic mass is 10.6. The van der Waals surface area contributed by atoms with Crippen LogP contribution >= 0.6 is 0 Å². The maximum atomic E-state index is 9.77. The molecular weight excluding hydrogens is 196 g/mol. The van der Waals surface area contributed by atoms with Crippen LogP contribution in [0.2, 0.25) is 0 Å². The molecule has 0 aromatic rings. The zero-order chi connectivity index (χ0) is 10.3. The van der Waals surface area contributed by atoms with Crippen LogP contribution in [0.1, 0.15) is 6.92 Å². The third-order valence-corrected chi connectivity index (χ3v) is 1.36. The Hall–Kier alpha value is -1.18. The van der Waals surface area contributed by atoms with E-state index in [-0.39, 0.29) is 0 Å². The molecule has 1 aliphatic heterocycles. The lowest BCUT2D eigenvalue weighted by molar-refractivity contribution is -0.510. The normalized spacial score (nSPS) is 13.4. The van der Waals surface area contributed by atoms with Crippen LogP contribution < -0.4 is 10.0 Å². The van der Waals surface area contributed by atoms with Crippen LogP contribution in [0.5, 0.6) is 0 Å². The number of rotatable bonds is 1. The van der Waals surface area contributed by atoms with Gasteiger partial charge in [0.2, 0.25) is 5.91 Å². The Morgan fingerprint density at radius 2 is 1.85 bits per heavy atom. The van der Waals surface area contributed by atoms with E-state index in [9.17, 15) is 17.8 Å². The summed E-state index contributed by atoms with van der Waals surface area (Å²) in [6.45, 7) is 0.940. The number of nitrogens with two attached hydrogens (primary N) is 1. The molecule has 1 aliphatic rings.